The zero-order valence-corrected chi connectivity index (χ0v) is 18.7. The van der Waals surface area contributed by atoms with Gasteiger partial charge in [-0.25, -0.2) is 0 Å². The summed E-state index contributed by atoms with van der Waals surface area (Å²) in [7, 11) is 3.18. The Morgan fingerprint density at radius 2 is 1.88 bits per heavy atom. The van der Waals surface area contributed by atoms with Gasteiger partial charge >= 0.3 is 0 Å². The zero-order valence-electron chi connectivity index (χ0n) is 18.7. The van der Waals surface area contributed by atoms with Gasteiger partial charge in [0.2, 0.25) is 5.88 Å². The lowest BCUT2D eigenvalue weighted by Gasteiger charge is -2.27. The highest BCUT2D eigenvalue weighted by atomic mass is 16.5. The lowest BCUT2D eigenvalue weighted by atomic mass is 9.84. The van der Waals surface area contributed by atoms with Crippen LogP contribution in [0.5, 0.6) is 17.2 Å². The van der Waals surface area contributed by atoms with Crippen molar-refractivity contribution < 1.29 is 14.2 Å². The molecule has 3 heterocycles. The number of allylic oxidation sites excluding steroid dienone is 1. The van der Waals surface area contributed by atoms with Crippen LogP contribution in [-0.2, 0) is 13.0 Å². The van der Waals surface area contributed by atoms with Crippen LogP contribution in [0.4, 0.5) is 0 Å². The Labute approximate surface area is 191 Å². The van der Waals surface area contributed by atoms with Crippen molar-refractivity contribution in [1.29, 1.82) is 5.26 Å². The van der Waals surface area contributed by atoms with Gasteiger partial charge in [0, 0.05) is 30.7 Å². The molecule has 1 aliphatic rings. The van der Waals surface area contributed by atoms with Gasteiger partial charge < -0.3 is 24.5 Å². The highest BCUT2D eigenvalue weighted by molar-refractivity contribution is 5.55. The summed E-state index contributed by atoms with van der Waals surface area (Å²) in [6.45, 7) is 2.29. The summed E-state index contributed by atoms with van der Waals surface area (Å²) in [6, 6.07) is 13.2. The van der Waals surface area contributed by atoms with Crippen molar-refractivity contribution in [3.05, 3.63) is 93.0 Å². The SMILES string of the molecule is COc1ccc(CCn2c(C)cc3c(c2=O)[C@@H](c2ccncc2)C(C#N)=C(N)O3)cc1OC. The number of aromatic nitrogens is 2. The molecule has 0 bridgehead atoms. The molecule has 2 N–H and O–H groups in total. The van der Waals surface area contributed by atoms with E-state index < -0.39 is 5.92 Å². The largest absolute Gasteiger partial charge is 0.493 e. The predicted octanol–water partition coefficient (Wildman–Crippen LogP) is 3.03. The van der Waals surface area contributed by atoms with E-state index in [4.69, 9.17) is 19.9 Å². The number of aryl methyl sites for hydroxylation is 2. The van der Waals surface area contributed by atoms with Gasteiger partial charge in [-0.15, -0.1) is 0 Å². The fraction of sp³-hybridized carbons (Fsp3) is 0.240. The van der Waals surface area contributed by atoms with Crippen LogP contribution < -0.4 is 25.5 Å². The fourth-order valence-electron chi connectivity index (χ4n) is 4.13. The van der Waals surface area contributed by atoms with Gasteiger partial charge in [0.05, 0.1) is 25.7 Å². The number of fused-ring (bicyclic) bond motifs is 1. The van der Waals surface area contributed by atoms with Gasteiger partial charge in [-0.1, -0.05) is 6.07 Å². The second-order valence-electron chi connectivity index (χ2n) is 7.67. The lowest BCUT2D eigenvalue weighted by molar-refractivity contribution is 0.354. The maximum Gasteiger partial charge on any atom is 0.258 e. The summed E-state index contributed by atoms with van der Waals surface area (Å²) in [4.78, 5) is 17.7. The molecule has 1 atom stereocenters. The average molecular weight is 444 g/mol. The third-order valence-corrected chi connectivity index (χ3v) is 5.80. The van der Waals surface area contributed by atoms with E-state index in [2.05, 4.69) is 11.1 Å². The van der Waals surface area contributed by atoms with Crippen LogP contribution >= 0.6 is 0 Å². The number of nitriles is 1. The monoisotopic (exact) mass is 444 g/mol. The molecular weight excluding hydrogens is 420 g/mol. The third kappa shape index (κ3) is 4.01. The smallest absolute Gasteiger partial charge is 0.258 e. The van der Waals surface area contributed by atoms with Crippen LogP contribution in [0.15, 0.2) is 65.0 Å². The van der Waals surface area contributed by atoms with Crippen LogP contribution in [0.3, 0.4) is 0 Å². The third-order valence-electron chi connectivity index (χ3n) is 5.80. The molecule has 4 rings (SSSR count). The Balaban J connectivity index is 1.76. The van der Waals surface area contributed by atoms with Crippen molar-refractivity contribution in [2.45, 2.75) is 25.8 Å². The summed E-state index contributed by atoms with van der Waals surface area (Å²) in [5, 5.41) is 9.76. The molecule has 8 heteroatoms. The van der Waals surface area contributed by atoms with Gasteiger partial charge in [0.1, 0.15) is 17.4 Å². The second kappa shape index (κ2) is 9.09. The number of nitrogens with zero attached hydrogens (tertiary/aromatic N) is 3. The molecule has 0 saturated heterocycles. The first-order valence-corrected chi connectivity index (χ1v) is 10.4. The molecule has 168 valence electrons. The standard InChI is InChI=1S/C25H24N4O4/c1-15-12-21-23(22(17-6-9-28-10-7-17)18(14-26)24(27)33-21)25(30)29(15)11-8-16-4-5-19(31-2)20(13-16)32-3/h4-7,9-10,12-13,22H,8,11,27H2,1-3H3/t22-/m0/s1. The van der Waals surface area contributed by atoms with E-state index in [1.807, 2.05) is 25.1 Å². The maximum atomic E-state index is 13.7. The molecule has 0 saturated carbocycles. The van der Waals surface area contributed by atoms with Crippen molar-refractivity contribution in [3.8, 4) is 23.3 Å². The molecule has 0 radical (unpaired) electrons. The molecule has 0 fully saturated rings. The number of benzene rings is 1. The molecule has 0 spiro atoms. The minimum atomic E-state index is -0.623. The maximum absolute atomic E-state index is 13.7. The Morgan fingerprint density at radius 1 is 1.15 bits per heavy atom. The molecule has 1 aliphatic heterocycles. The van der Waals surface area contributed by atoms with Crippen LogP contribution in [-0.4, -0.2) is 23.8 Å². The molecule has 8 nitrogen and oxygen atoms in total. The van der Waals surface area contributed by atoms with E-state index in [-0.39, 0.29) is 17.0 Å². The van der Waals surface area contributed by atoms with Crippen LogP contribution in [0.1, 0.15) is 28.3 Å². The summed E-state index contributed by atoms with van der Waals surface area (Å²) in [5.74, 6) is 1.04. The number of ether oxygens (including phenoxy) is 3. The normalized spacial score (nSPS) is 14.8. The summed E-state index contributed by atoms with van der Waals surface area (Å²) >= 11 is 0. The molecule has 0 unspecified atom stereocenters. The van der Waals surface area contributed by atoms with Gasteiger partial charge in [-0.05, 0) is 48.7 Å². The lowest BCUT2D eigenvalue weighted by Crippen LogP contribution is -2.33. The molecular formula is C25H24N4O4. The van der Waals surface area contributed by atoms with Crippen LogP contribution in [0, 0.1) is 18.3 Å². The van der Waals surface area contributed by atoms with Gasteiger partial charge in [-0.3, -0.25) is 9.78 Å². The zero-order chi connectivity index (χ0) is 23.5. The van der Waals surface area contributed by atoms with Crippen LogP contribution in [0.2, 0.25) is 0 Å². The topological polar surface area (TPSA) is 112 Å². The molecule has 0 amide bonds. The van der Waals surface area contributed by atoms with Gasteiger partial charge in [0.25, 0.3) is 5.56 Å². The van der Waals surface area contributed by atoms with E-state index in [9.17, 15) is 10.1 Å². The molecule has 3 aromatic rings. The molecule has 1 aromatic carbocycles. The fourth-order valence-corrected chi connectivity index (χ4v) is 4.13. The highest BCUT2D eigenvalue weighted by Gasteiger charge is 2.34. The van der Waals surface area contributed by atoms with E-state index in [1.165, 1.54) is 0 Å². The van der Waals surface area contributed by atoms with E-state index >= 15 is 0 Å². The Bertz CT molecular complexity index is 1320. The van der Waals surface area contributed by atoms with Crippen LogP contribution in [0.25, 0.3) is 0 Å². The first-order chi connectivity index (χ1) is 16.0. The number of rotatable bonds is 6. The van der Waals surface area contributed by atoms with Crippen molar-refractivity contribution >= 4 is 0 Å². The highest BCUT2D eigenvalue weighted by Crippen LogP contribution is 2.40. The van der Waals surface area contributed by atoms with Crippen molar-refractivity contribution in [2.75, 3.05) is 14.2 Å². The predicted molar refractivity (Wildman–Crippen MR) is 122 cm³/mol. The average Bonchev–Trinajstić information content (AvgIpc) is 2.83. The van der Waals surface area contributed by atoms with Crippen molar-refractivity contribution in [3.63, 3.8) is 0 Å². The quantitative estimate of drug-likeness (QED) is 0.622. The molecule has 33 heavy (non-hydrogen) atoms. The Morgan fingerprint density at radius 3 is 2.55 bits per heavy atom. The molecule has 0 aliphatic carbocycles. The minimum Gasteiger partial charge on any atom is -0.493 e. The van der Waals surface area contributed by atoms with E-state index in [0.29, 0.717) is 35.8 Å². The second-order valence-corrected chi connectivity index (χ2v) is 7.67. The first-order valence-electron chi connectivity index (χ1n) is 10.4. The number of hydrogen-bond acceptors (Lipinski definition) is 7. The number of hydrogen-bond donors (Lipinski definition) is 1. The van der Waals surface area contributed by atoms with Gasteiger partial charge in [0.15, 0.2) is 11.5 Å². The number of nitrogens with two attached hydrogens (primary N) is 1. The van der Waals surface area contributed by atoms with E-state index in [0.717, 1.165) is 16.8 Å². The number of methoxy groups -OCH3 is 2. The minimum absolute atomic E-state index is 0.00805. The summed E-state index contributed by atoms with van der Waals surface area (Å²) in [5.41, 5.74) is 8.92. The Kier molecular flexibility index (Phi) is 6.05. The summed E-state index contributed by atoms with van der Waals surface area (Å²) < 4.78 is 18.1. The number of pyridine rings is 2. The van der Waals surface area contributed by atoms with Gasteiger partial charge in [-0.2, -0.15) is 5.26 Å². The van der Waals surface area contributed by atoms with Crippen molar-refractivity contribution in [1.82, 2.24) is 9.55 Å². The Hall–Kier alpha value is -4.25. The summed E-state index contributed by atoms with van der Waals surface area (Å²) in [6.07, 6.45) is 3.85. The van der Waals surface area contributed by atoms with E-state index in [1.54, 1.807) is 49.4 Å². The first kappa shape index (κ1) is 22.0. The van der Waals surface area contributed by atoms with Crippen molar-refractivity contribution in [2.24, 2.45) is 5.73 Å². The molecule has 2 aromatic heterocycles.